The van der Waals surface area contributed by atoms with E-state index in [4.69, 9.17) is 12.2 Å². The number of aliphatic hydroxyl groups is 4. The van der Waals surface area contributed by atoms with Gasteiger partial charge in [0.25, 0.3) is 11.4 Å². The van der Waals surface area contributed by atoms with Crippen molar-refractivity contribution in [2.75, 3.05) is 25.8 Å². The first-order valence-electron chi connectivity index (χ1n) is 10.4. The van der Waals surface area contributed by atoms with Gasteiger partial charge in [-0.15, -0.1) is 0 Å². The Morgan fingerprint density at radius 1 is 0.857 bits per heavy atom. The number of nitro benzene ring substituents is 2. The van der Waals surface area contributed by atoms with E-state index in [1.54, 1.807) is 9.80 Å². The number of aliphatic hydroxyl groups excluding tert-OH is 4. The summed E-state index contributed by atoms with van der Waals surface area (Å²) in [6.45, 7) is -0.855. The number of thiocarbonyl (C=S) groups is 1. The van der Waals surface area contributed by atoms with Crippen LogP contribution in [0, 0.1) is 20.2 Å². The van der Waals surface area contributed by atoms with Crippen LogP contribution in [0.2, 0.25) is 0 Å². The molecule has 2 unspecified atom stereocenters. The zero-order valence-electron chi connectivity index (χ0n) is 18.3. The predicted octanol–water partition coefficient (Wildman–Crippen LogP) is 1.54. The second-order valence-corrected chi connectivity index (χ2v) is 9.40. The predicted molar refractivity (Wildman–Crippen MR) is 131 cm³/mol. The molecule has 1 heterocycles. The van der Waals surface area contributed by atoms with Crippen LogP contribution in [-0.2, 0) is 0 Å². The van der Waals surface area contributed by atoms with E-state index in [1.807, 2.05) is 0 Å². The van der Waals surface area contributed by atoms with E-state index in [9.17, 15) is 40.7 Å². The third-order valence-corrected chi connectivity index (χ3v) is 7.32. The summed E-state index contributed by atoms with van der Waals surface area (Å²) in [6, 6.07) is 8.98. The van der Waals surface area contributed by atoms with E-state index in [2.05, 4.69) is 0 Å². The van der Waals surface area contributed by atoms with E-state index in [1.165, 1.54) is 60.3 Å². The minimum absolute atomic E-state index is 0.0658. The Labute approximate surface area is 209 Å². The van der Waals surface area contributed by atoms with Crippen molar-refractivity contribution in [3.8, 4) is 0 Å². The Morgan fingerprint density at radius 2 is 1.29 bits per heavy atom. The van der Waals surface area contributed by atoms with E-state index in [0.717, 1.165) is 0 Å². The summed E-state index contributed by atoms with van der Waals surface area (Å²) in [5.41, 5.74) is 0.466. The Morgan fingerprint density at radius 3 is 1.69 bits per heavy atom. The van der Waals surface area contributed by atoms with Gasteiger partial charge in [-0.25, -0.2) is 0 Å². The molecule has 1 aliphatic rings. The van der Waals surface area contributed by atoms with Crippen molar-refractivity contribution in [1.82, 2.24) is 9.80 Å². The number of hydrogen-bond acceptors (Lipinski definition) is 11. The van der Waals surface area contributed by atoms with Crippen LogP contribution in [-0.4, -0.2) is 82.2 Å². The molecule has 4 atom stereocenters. The fraction of sp³-hybridized carbons (Fsp3) is 0.381. The van der Waals surface area contributed by atoms with Gasteiger partial charge < -0.3 is 25.3 Å². The summed E-state index contributed by atoms with van der Waals surface area (Å²) in [7, 11) is 0. The van der Waals surface area contributed by atoms with Crippen molar-refractivity contribution in [3.05, 3.63) is 79.9 Å². The molecule has 3 rings (SSSR count). The second kappa shape index (κ2) is 11.8. The number of nitro groups is 2. The van der Waals surface area contributed by atoms with Crippen molar-refractivity contribution in [2.45, 2.75) is 24.3 Å². The molecule has 0 radical (unpaired) electrons. The molecular formula is C21H24N4O8S2. The standard InChI is InChI=1S/C21H24N4O8S2/c26-9-17(19(28)13-1-5-15(6-2-13)24(30)31)22-11-23(21(34)35-12-22)18(10-27)20(29)14-3-7-16(8-4-14)25(32)33/h1-8,17-20,26-29H,9-12H2/t17?,18?,19-,20+/m1/s1. The molecule has 0 aromatic heterocycles. The van der Waals surface area contributed by atoms with Crippen molar-refractivity contribution in [1.29, 1.82) is 0 Å². The highest BCUT2D eigenvalue weighted by Crippen LogP contribution is 2.32. The largest absolute Gasteiger partial charge is 0.395 e. The fourth-order valence-electron chi connectivity index (χ4n) is 3.77. The molecule has 14 heteroatoms. The minimum Gasteiger partial charge on any atom is -0.395 e. The first kappa shape index (κ1) is 26.9. The van der Waals surface area contributed by atoms with Crippen molar-refractivity contribution in [3.63, 3.8) is 0 Å². The maximum Gasteiger partial charge on any atom is 0.269 e. The van der Waals surface area contributed by atoms with E-state index in [0.29, 0.717) is 21.3 Å². The lowest BCUT2D eigenvalue weighted by molar-refractivity contribution is -0.385. The molecule has 1 fully saturated rings. The van der Waals surface area contributed by atoms with Crippen LogP contribution in [0.3, 0.4) is 0 Å². The van der Waals surface area contributed by atoms with Gasteiger partial charge in [-0.3, -0.25) is 25.1 Å². The highest BCUT2D eigenvalue weighted by Gasteiger charge is 2.37. The van der Waals surface area contributed by atoms with Crippen LogP contribution in [0.25, 0.3) is 0 Å². The molecule has 0 saturated carbocycles. The highest BCUT2D eigenvalue weighted by atomic mass is 32.2. The summed E-state index contributed by atoms with van der Waals surface area (Å²) in [5, 5.41) is 63.7. The SMILES string of the molecule is O=[N+]([O-])c1ccc([C@@H](O)C(CO)N2CSC(=S)N(C(CO)[C@@H](O)c3ccc([N+](=O)[O-])cc3)C2)cc1. The minimum atomic E-state index is -1.23. The van der Waals surface area contributed by atoms with E-state index in [-0.39, 0.29) is 18.0 Å². The Bertz CT molecular complexity index is 1060. The molecule has 0 bridgehead atoms. The van der Waals surface area contributed by atoms with Gasteiger partial charge in [0.1, 0.15) is 10.4 Å². The average Bonchev–Trinajstić information content (AvgIpc) is 2.86. The normalized spacial score (nSPS) is 18.1. The van der Waals surface area contributed by atoms with Gasteiger partial charge in [0, 0.05) is 24.3 Å². The van der Waals surface area contributed by atoms with Crippen molar-refractivity contribution >= 4 is 39.7 Å². The molecule has 0 spiro atoms. The molecule has 1 aliphatic heterocycles. The topological polar surface area (TPSA) is 174 Å². The number of benzene rings is 2. The lowest BCUT2D eigenvalue weighted by Crippen LogP contribution is -2.56. The zero-order valence-corrected chi connectivity index (χ0v) is 19.9. The molecule has 0 aliphatic carbocycles. The van der Waals surface area contributed by atoms with E-state index < -0.39 is 47.4 Å². The number of nitrogens with zero attached hydrogens (tertiary/aromatic N) is 4. The number of rotatable bonds is 10. The second-order valence-electron chi connectivity index (χ2n) is 7.83. The zero-order chi connectivity index (χ0) is 25.7. The van der Waals surface area contributed by atoms with Crippen molar-refractivity contribution < 1.29 is 30.3 Å². The van der Waals surface area contributed by atoms with Gasteiger partial charge in [-0.2, -0.15) is 0 Å². The summed E-state index contributed by atoms with van der Waals surface area (Å²) in [4.78, 5) is 24.0. The molecule has 1 saturated heterocycles. The molecule has 35 heavy (non-hydrogen) atoms. The lowest BCUT2D eigenvalue weighted by atomic mass is 10.0. The van der Waals surface area contributed by atoms with Gasteiger partial charge in [0.2, 0.25) is 0 Å². The van der Waals surface area contributed by atoms with Gasteiger partial charge in [0.15, 0.2) is 0 Å². The highest BCUT2D eigenvalue weighted by molar-refractivity contribution is 8.22. The summed E-state index contributed by atoms with van der Waals surface area (Å²) in [5.74, 6) is 0.316. The Kier molecular flexibility index (Phi) is 9.07. The average molecular weight is 525 g/mol. The van der Waals surface area contributed by atoms with Crippen LogP contribution in [0.15, 0.2) is 48.5 Å². The first-order chi connectivity index (χ1) is 16.7. The molecule has 0 amide bonds. The molecule has 4 N–H and O–H groups in total. The third kappa shape index (κ3) is 6.10. The van der Waals surface area contributed by atoms with Crippen LogP contribution >= 0.6 is 24.0 Å². The molecule has 2 aromatic carbocycles. The quantitative estimate of drug-likeness (QED) is 0.201. The number of thioether (sulfide) groups is 1. The maximum absolute atomic E-state index is 10.9. The monoisotopic (exact) mass is 524 g/mol. The molecule has 12 nitrogen and oxygen atoms in total. The molecule has 2 aromatic rings. The smallest absolute Gasteiger partial charge is 0.269 e. The maximum atomic E-state index is 10.9. The Balaban J connectivity index is 1.78. The van der Waals surface area contributed by atoms with Gasteiger partial charge >= 0.3 is 0 Å². The van der Waals surface area contributed by atoms with Gasteiger partial charge in [-0.1, -0.05) is 24.0 Å². The van der Waals surface area contributed by atoms with E-state index >= 15 is 0 Å². The molecular weight excluding hydrogens is 500 g/mol. The van der Waals surface area contributed by atoms with Crippen LogP contribution < -0.4 is 0 Å². The first-order valence-corrected chi connectivity index (χ1v) is 11.8. The summed E-state index contributed by atoms with van der Waals surface area (Å²) >= 11 is 6.65. The summed E-state index contributed by atoms with van der Waals surface area (Å²) < 4.78 is 0.391. The fourth-order valence-corrected chi connectivity index (χ4v) is 5.03. The lowest BCUT2D eigenvalue weighted by Gasteiger charge is -2.45. The van der Waals surface area contributed by atoms with Gasteiger partial charge in [-0.05, 0) is 35.4 Å². The number of hydrogen-bond donors (Lipinski definition) is 4. The van der Waals surface area contributed by atoms with Crippen molar-refractivity contribution in [2.24, 2.45) is 0 Å². The van der Waals surface area contributed by atoms with Crippen LogP contribution in [0.5, 0.6) is 0 Å². The van der Waals surface area contributed by atoms with Gasteiger partial charge in [0.05, 0.1) is 53.8 Å². The number of non-ortho nitro benzene ring substituents is 2. The molecule has 188 valence electrons. The summed E-state index contributed by atoms with van der Waals surface area (Å²) in [6.07, 6.45) is -2.41. The third-order valence-electron chi connectivity index (χ3n) is 5.79. The van der Waals surface area contributed by atoms with Crippen LogP contribution in [0.4, 0.5) is 11.4 Å². The van der Waals surface area contributed by atoms with Crippen LogP contribution in [0.1, 0.15) is 23.3 Å². The Hall–Kier alpha value is -2.72.